The molecule has 3 N–H and O–H groups in total. The molecule has 0 aliphatic rings. The molecule has 0 saturated carbocycles. The summed E-state index contributed by atoms with van der Waals surface area (Å²) in [4.78, 5) is 20.1. The zero-order valence-corrected chi connectivity index (χ0v) is 16.9. The SMILES string of the molecule is CN=C(NCCCNC(=O)OC(C)(C)C)NCc1ccnc(-n2cccn2)c1. The Morgan fingerprint density at radius 2 is 2.00 bits per heavy atom. The van der Waals surface area contributed by atoms with E-state index in [-0.39, 0.29) is 0 Å². The van der Waals surface area contributed by atoms with Gasteiger partial charge in [-0.15, -0.1) is 0 Å². The lowest BCUT2D eigenvalue weighted by molar-refractivity contribution is 0.0527. The van der Waals surface area contributed by atoms with Gasteiger partial charge in [0.05, 0.1) is 0 Å². The molecule has 2 aromatic rings. The fraction of sp³-hybridized carbons (Fsp3) is 0.474. The minimum absolute atomic E-state index is 0.402. The second kappa shape index (κ2) is 10.3. The Labute approximate surface area is 165 Å². The van der Waals surface area contributed by atoms with E-state index in [1.54, 1.807) is 24.1 Å². The van der Waals surface area contributed by atoms with E-state index in [4.69, 9.17) is 4.74 Å². The highest BCUT2D eigenvalue weighted by molar-refractivity contribution is 5.79. The van der Waals surface area contributed by atoms with Gasteiger partial charge in [-0.3, -0.25) is 4.99 Å². The summed E-state index contributed by atoms with van der Waals surface area (Å²) in [6, 6.07) is 5.77. The zero-order chi connectivity index (χ0) is 20.4. The normalized spacial score (nSPS) is 11.8. The number of alkyl carbamates (subject to hydrolysis) is 1. The molecule has 2 heterocycles. The molecule has 9 nitrogen and oxygen atoms in total. The van der Waals surface area contributed by atoms with Gasteiger partial charge < -0.3 is 20.7 Å². The molecule has 0 radical (unpaired) electrons. The van der Waals surface area contributed by atoms with Gasteiger partial charge in [-0.2, -0.15) is 5.10 Å². The molecule has 0 saturated heterocycles. The first kappa shape index (κ1) is 21.2. The topological polar surface area (TPSA) is 105 Å². The lowest BCUT2D eigenvalue weighted by Gasteiger charge is -2.19. The molecule has 0 atom stereocenters. The molecule has 9 heteroatoms. The zero-order valence-electron chi connectivity index (χ0n) is 16.9. The van der Waals surface area contributed by atoms with Crippen LogP contribution in [0.3, 0.4) is 0 Å². The lowest BCUT2D eigenvalue weighted by atomic mass is 10.2. The Kier molecular flexibility index (Phi) is 7.79. The molecular formula is C19H29N7O2. The van der Waals surface area contributed by atoms with Gasteiger partial charge in [-0.25, -0.2) is 14.5 Å². The quantitative estimate of drug-likeness (QED) is 0.380. The molecule has 0 aromatic carbocycles. The van der Waals surface area contributed by atoms with Crippen molar-refractivity contribution in [3.63, 3.8) is 0 Å². The van der Waals surface area contributed by atoms with E-state index < -0.39 is 11.7 Å². The van der Waals surface area contributed by atoms with Crippen LogP contribution in [0.25, 0.3) is 5.82 Å². The summed E-state index contributed by atoms with van der Waals surface area (Å²) in [5, 5.41) is 13.4. The Morgan fingerprint density at radius 1 is 1.21 bits per heavy atom. The molecule has 0 fully saturated rings. The number of carbonyl (C=O) groups is 1. The predicted molar refractivity (Wildman–Crippen MR) is 108 cm³/mol. The van der Waals surface area contributed by atoms with E-state index in [9.17, 15) is 4.79 Å². The van der Waals surface area contributed by atoms with Gasteiger partial charge in [-0.05, 0) is 51.0 Å². The summed E-state index contributed by atoms with van der Waals surface area (Å²) in [6.07, 6.45) is 5.67. The second-order valence-electron chi connectivity index (χ2n) is 7.11. The van der Waals surface area contributed by atoms with Crippen molar-refractivity contribution in [3.05, 3.63) is 42.4 Å². The van der Waals surface area contributed by atoms with Gasteiger partial charge in [0.15, 0.2) is 11.8 Å². The number of aromatic nitrogens is 3. The maximum Gasteiger partial charge on any atom is 0.407 e. The number of nitrogens with zero attached hydrogens (tertiary/aromatic N) is 4. The first-order valence-corrected chi connectivity index (χ1v) is 9.24. The Hall–Kier alpha value is -3.10. The second-order valence-corrected chi connectivity index (χ2v) is 7.11. The van der Waals surface area contributed by atoms with Crippen molar-refractivity contribution in [3.8, 4) is 5.82 Å². The van der Waals surface area contributed by atoms with Gasteiger partial charge in [0, 0.05) is 45.3 Å². The molecule has 0 aliphatic carbocycles. The summed E-state index contributed by atoms with van der Waals surface area (Å²) in [6.45, 7) is 7.31. The van der Waals surface area contributed by atoms with Crippen molar-refractivity contribution in [2.45, 2.75) is 39.3 Å². The Balaban J connectivity index is 1.69. The molecule has 0 aliphatic heterocycles. The molecule has 1 amide bonds. The van der Waals surface area contributed by atoms with Crippen molar-refractivity contribution < 1.29 is 9.53 Å². The molecule has 2 aromatic heterocycles. The van der Waals surface area contributed by atoms with Crippen LogP contribution in [-0.2, 0) is 11.3 Å². The van der Waals surface area contributed by atoms with Crippen LogP contribution in [0.5, 0.6) is 0 Å². The average molecular weight is 387 g/mol. The van der Waals surface area contributed by atoms with Crippen LogP contribution in [0.2, 0.25) is 0 Å². The third-order valence-corrected chi connectivity index (χ3v) is 3.55. The smallest absolute Gasteiger partial charge is 0.407 e. The molecular weight excluding hydrogens is 358 g/mol. The van der Waals surface area contributed by atoms with Crippen LogP contribution < -0.4 is 16.0 Å². The van der Waals surface area contributed by atoms with Gasteiger partial charge >= 0.3 is 6.09 Å². The van der Waals surface area contributed by atoms with Crippen molar-refractivity contribution in [1.82, 2.24) is 30.7 Å². The summed E-state index contributed by atoms with van der Waals surface area (Å²) in [5.74, 6) is 1.45. The number of aliphatic imine (C=N–C) groups is 1. The van der Waals surface area contributed by atoms with Crippen LogP contribution >= 0.6 is 0 Å². The van der Waals surface area contributed by atoms with E-state index in [2.05, 4.69) is 31.0 Å². The molecule has 0 bridgehead atoms. The van der Waals surface area contributed by atoms with Gasteiger partial charge in [0.2, 0.25) is 0 Å². The number of amides is 1. The molecule has 28 heavy (non-hydrogen) atoms. The number of hydrogen-bond acceptors (Lipinski definition) is 5. The third-order valence-electron chi connectivity index (χ3n) is 3.55. The summed E-state index contributed by atoms with van der Waals surface area (Å²) < 4.78 is 6.91. The number of carbonyl (C=O) groups excluding carboxylic acids is 1. The first-order valence-electron chi connectivity index (χ1n) is 9.24. The van der Waals surface area contributed by atoms with Crippen molar-refractivity contribution in [2.24, 2.45) is 4.99 Å². The standard InChI is InChI=1S/C19H29N7O2/c1-19(2,3)28-18(27)23-9-5-8-22-17(20-4)24-14-15-7-11-21-16(13-15)26-12-6-10-25-26/h6-7,10-13H,5,8-9,14H2,1-4H3,(H,23,27)(H2,20,22,24). The number of guanidine groups is 1. The molecule has 0 spiro atoms. The highest BCUT2D eigenvalue weighted by Gasteiger charge is 2.15. The van der Waals surface area contributed by atoms with Crippen LogP contribution in [0, 0.1) is 0 Å². The fourth-order valence-corrected chi connectivity index (χ4v) is 2.31. The lowest BCUT2D eigenvalue weighted by Crippen LogP contribution is -2.39. The predicted octanol–water partition coefficient (Wildman–Crippen LogP) is 1.85. The van der Waals surface area contributed by atoms with E-state index in [0.717, 1.165) is 17.8 Å². The van der Waals surface area contributed by atoms with Crippen LogP contribution in [-0.4, -0.2) is 52.6 Å². The van der Waals surface area contributed by atoms with Gasteiger partial charge in [-0.1, -0.05) is 0 Å². The van der Waals surface area contributed by atoms with E-state index in [0.29, 0.717) is 25.6 Å². The fourth-order valence-electron chi connectivity index (χ4n) is 2.31. The molecule has 152 valence electrons. The Bertz CT molecular complexity index is 767. The van der Waals surface area contributed by atoms with E-state index in [1.165, 1.54) is 0 Å². The highest BCUT2D eigenvalue weighted by atomic mass is 16.6. The minimum Gasteiger partial charge on any atom is -0.444 e. The average Bonchev–Trinajstić information content (AvgIpc) is 3.17. The maximum absolute atomic E-state index is 11.6. The minimum atomic E-state index is -0.488. The number of ether oxygens (including phenoxy) is 1. The van der Waals surface area contributed by atoms with Crippen LogP contribution in [0.1, 0.15) is 32.8 Å². The monoisotopic (exact) mass is 387 g/mol. The van der Waals surface area contributed by atoms with Gasteiger partial charge in [0.25, 0.3) is 0 Å². The van der Waals surface area contributed by atoms with Crippen molar-refractivity contribution in [2.75, 3.05) is 20.1 Å². The van der Waals surface area contributed by atoms with E-state index >= 15 is 0 Å². The highest BCUT2D eigenvalue weighted by Crippen LogP contribution is 2.07. The summed E-state index contributed by atoms with van der Waals surface area (Å²) in [5.41, 5.74) is 0.577. The van der Waals surface area contributed by atoms with Crippen LogP contribution in [0.4, 0.5) is 4.79 Å². The number of pyridine rings is 1. The Morgan fingerprint density at radius 3 is 2.68 bits per heavy atom. The first-order chi connectivity index (χ1) is 13.4. The summed E-state index contributed by atoms with van der Waals surface area (Å²) in [7, 11) is 1.72. The summed E-state index contributed by atoms with van der Waals surface area (Å²) >= 11 is 0. The van der Waals surface area contributed by atoms with Crippen LogP contribution in [0.15, 0.2) is 41.8 Å². The van der Waals surface area contributed by atoms with Crippen molar-refractivity contribution in [1.29, 1.82) is 0 Å². The number of rotatable bonds is 7. The number of nitrogens with one attached hydrogen (secondary N) is 3. The largest absolute Gasteiger partial charge is 0.444 e. The number of hydrogen-bond donors (Lipinski definition) is 3. The maximum atomic E-state index is 11.6. The van der Waals surface area contributed by atoms with E-state index in [1.807, 2.05) is 45.2 Å². The molecule has 0 unspecified atom stereocenters. The van der Waals surface area contributed by atoms with Crippen molar-refractivity contribution >= 4 is 12.1 Å². The van der Waals surface area contributed by atoms with Gasteiger partial charge in [0.1, 0.15) is 5.60 Å². The third kappa shape index (κ3) is 7.65. The molecule has 2 rings (SSSR count).